The molecule has 1 aromatic rings. The van der Waals surface area contributed by atoms with Gasteiger partial charge in [-0.2, -0.15) is 13.2 Å². The molecular formula is C16H18F4N2O2. The molecule has 24 heavy (non-hydrogen) atoms. The SMILES string of the molecule is CCC(=O)N1CCCCC1C(=O)Nc1cc(C(F)(F)F)ccc1F. The second kappa shape index (κ2) is 7.19. The third-order valence-electron chi connectivity index (χ3n) is 3.98. The highest BCUT2D eigenvalue weighted by Gasteiger charge is 2.33. The van der Waals surface area contributed by atoms with E-state index in [-0.39, 0.29) is 12.3 Å². The molecule has 1 aliphatic rings. The minimum absolute atomic E-state index is 0.209. The van der Waals surface area contributed by atoms with Crippen molar-refractivity contribution in [1.29, 1.82) is 0 Å². The second-order valence-corrected chi connectivity index (χ2v) is 5.63. The second-order valence-electron chi connectivity index (χ2n) is 5.63. The Morgan fingerprint density at radius 3 is 2.62 bits per heavy atom. The largest absolute Gasteiger partial charge is 0.416 e. The number of rotatable bonds is 3. The van der Waals surface area contributed by atoms with E-state index in [1.54, 1.807) is 6.92 Å². The van der Waals surface area contributed by atoms with Crippen LogP contribution in [-0.2, 0) is 15.8 Å². The van der Waals surface area contributed by atoms with Gasteiger partial charge < -0.3 is 10.2 Å². The summed E-state index contributed by atoms with van der Waals surface area (Å²) in [6, 6.07) is 1.04. The van der Waals surface area contributed by atoms with Gasteiger partial charge in [0.05, 0.1) is 11.3 Å². The number of nitrogens with one attached hydrogen (secondary N) is 1. The molecule has 0 aromatic heterocycles. The number of carbonyl (C=O) groups excluding carboxylic acids is 2. The fourth-order valence-electron chi connectivity index (χ4n) is 2.72. The third kappa shape index (κ3) is 4.04. The molecule has 0 bridgehead atoms. The van der Waals surface area contributed by atoms with Gasteiger partial charge in [0.1, 0.15) is 11.9 Å². The Kier molecular flexibility index (Phi) is 5.46. The Morgan fingerprint density at radius 2 is 2.00 bits per heavy atom. The van der Waals surface area contributed by atoms with Crippen LogP contribution in [0.1, 0.15) is 38.2 Å². The first kappa shape index (κ1) is 18.2. The topological polar surface area (TPSA) is 49.4 Å². The number of nitrogens with zero attached hydrogens (tertiary/aromatic N) is 1. The van der Waals surface area contributed by atoms with Crippen molar-refractivity contribution >= 4 is 17.5 Å². The van der Waals surface area contributed by atoms with E-state index in [0.29, 0.717) is 31.2 Å². The van der Waals surface area contributed by atoms with Crippen LogP contribution < -0.4 is 5.32 Å². The highest BCUT2D eigenvalue weighted by Crippen LogP contribution is 2.32. The summed E-state index contributed by atoms with van der Waals surface area (Å²) in [7, 11) is 0. The smallest absolute Gasteiger partial charge is 0.331 e. The standard InChI is InChI=1S/C16H18F4N2O2/c1-2-14(23)22-8-4-3-5-13(22)15(24)21-12-9-10(16(18,19)20)6-7-11(12)17/h6-7,9,13H,2-5,8H2,1H3,(H,21,24). The molecule has 1 aliphatic heterocycles. The average Bonchev–Trinajstić information content (AvgIpc) is 2.55. The van der Waals surface area contributed by atoms with Gasteiger partial charge in [-0.3, -0.25) is 9.59 Å². The average molecular weight is 346 g/mol. The van der Waals surface area contributed by atoms with Crippen molar-refractivity contribution in [3.8, 4) is 0 Å². The Morgan fingerprint density at radius 1 is 1.29 bits per heavy atom. The van der Waals surface area contributed by atoms with Crippen LogP contribution >= 0.6 is 0 Å². The van der Waals surface area contributed by atoms with Crippen LogP contribution in [-0.4, -0.2) is 29.3 Å². The molecule has 0 spiro atoms. The van der Waals surface area contributed by atoms with E-state index < -0.39 is 35.2 Å². The van der Waals surface area contributed by atoms with Crippen molar-refractivity contribution in [2.24, 2.45) is 0 Å². The molecule has 0 radical (unpaired) electrons. The molecular weight excluding hydrogens is 328 g/mol. The summed E-state index contributed by atoms with van der Waals surface area (Å²) in [4.78, 5) is 25.7. The number of hydrogen-bond acceptors (Lipinski definition) is 2. The van der Waals surface area contributed by atoms with Crippen LogP contribution in [0, 0.1) is 5.82 Å². The lowest BCUT2D eigenvalue weighted by atomic mass is 10.0. The first-order chi connectivity index (χ1) is 11.2. The van der Waals surface area contributed by atoms with Crippen LogP contribution in [0.2, 0.25) is 0 Å². The normalized spacial score (nSPS) is 18.4. The molecule has 1 unspecified atom stereocenters. The summed E-state index contributed by atoms with van der Waals surface area (Å²) in [6.07, 6.45) is -2.54. The summed E-state index contributed by atoms with van der Waals surface area (Å²) in [5.41, 5.74) is -1.59. The van der Waals surface area contributed by atoms with Crippen molar-refractivity contribution < 1.29 is 27.2 Å². The van der Waals surface area contributed by atoms with E-state index in [4.69, 9.17) is 0 Å². The fourth-order valence-corrected chi connectivity index (χ4v) is 2.72. The Hall–Kier alpha value is -2.12. The zero-order valence-corrected chi connectivity index (χ0v) is 13.1. The van der Waals surface area contributed by atoms with Gasteiger partial charge in [-0.1, -0.05) is 6.92 Å². The van der Waals surface area contributed by atoms with Gasteiger partial charge in [0, 0.05) is 13.0 Å². The van der Waals surface area contributed by atoms with Gasteiger partial charge in [0.15, 0.2) is 0 Å². The summed E-state index contributed by atoms with van der Waals surface area (Å²) in [5.74, 6) is -1.84. The van der Waals surface area contributed by atoms with E-state index in [0.717, 1.165) is 12.8 Å². The maximum atomic E-state index is 13.7. The Bertz CT molecular complexity index is 631. The molecule has 0 aliphatic carbocycles. The third-order valence-corrected chi connectivity index (χ3v) is 3.98. The van der Waals surface area contributed by atoms with Crippen molar-refractivity contribution in [3.05, 3.63) is 29.6 Å². The van der Waals surface area contributed by atoms with Gasteiger partial charge in [-0.15, -0.1) is 0 Å². The lowest BCUT2D eigenvalue weighted by molar-refractivity contribution is -0.140. The molecule has 8 heteroatoms. The summed E-state index contributed by atoms with van der Waals surface area (Å²) in [5, 5.41) is 2.19. The number of benzene rings is 1. The molecule has 1 saturated heterocycles. The van der Waals surface area contributed by atoms with Crippen LogP contribution in [0.15, 0.2) is 18.2 Å². The lowest BCUT2D eigenvalue weighted by Crippen LogP contribution is -2.49. The molecule has 1 N–H and O–H groups in total. The first-order valence-electron chi connectivity index (χ1n) is 7.71. The molecule has 0 saturated carbocycles. The summed E-state index contributed by atoms with van der Waals surface area (Å²) >= 11 is 0. The van der Waals surface area contributed by atoms with Crippen LogP contribution in [0.5, 0.6) is 0 Å². The predicted molar refractivity (Wildman–Crippen MR) is 79.7 cm³/mol. The molecule has 2 amide bonds. The van der Waals surface area contributed by atoms with Crippen molar-refractivity contribution in [3.63, 3.8) is 0 Å². The molecule has 2 rings (SSSR count). The summed E-state index contributed by atoms with van der Waals surface area (Å²) in [6.45, 7) is 2.08. The number of alkyl halides is 3. The Balaban J connectivity index is 2.20. The van der Waals surface area contributed by atoms with Crippen molar-refractivity contribution in [2.45, 2.75) is 44.8 Å². The van der Waals surface area contributed by atoms with Crippen LogP contribution in [0.3, 0.4) is 0 Å². The molecule has 132 valence electrons. The number of halogens is 4. The van der Waals surface area contributed by atoms with E-state index in [9.17, 15) is 27.2 Å². The molecule has 4 nitrogen and oxygen atoms in total. The van der Waals surface area contributed by atoms with Gasteiger partial charge in [0.25, 0.3) is 0 Å². The number of amides is 2. The van der Waals surface area contributed by atoms with E-state index in [1.807, 2.05) is 0 Å². The minimum Gasteiger partial charge on any atom is -0.331 e. The van der Waals surface area contributed by atoms with Crippen molar-refractivity contribution in [1.82, 2.24) is 4.90 Å². The molecule has 1 aromatic carbocycles. The monoisotopic (exact) mass is 346 g/mol. The van der Waals surface area contributed by atoms with Crippen molar-refractivity contribution in [2.75, 3.05) is 11.9 Å². The van der Waals surface area contributed by atoms with Gasteiger partial charge in [-0.05, 0) is 37.5 Å². The Labute approximate surface area is 136 Å². The maximum Gasteiger partial charge on any atom is 0.416 e. The maximum absolute atomic E-state index is 13.7. The molecule has 1 atom stereocenters. The van der Waals surface area contributed by atoms with E-state index in [1.165, 1.54) is 4.90 Å². The van der Waals surface area contributed by atoms with Gasteiger partial charge in [-0.25, -0.2) is 4.39 Å². The molecule has 1 fully saturated rings. The lowest BCUT2D eigenvalue weighted by Gasteiger charge is -2.34. The predicted octanol–water partition coefficient (Wildman–Crippen LogP) is 3.57. The zero-order valence-electron chi connectivity index (χ0n) is 13.1. The van der Waals surface area contributed by atoms with E-state index in [2.05, 4.69) is 5.32 Å². The fraction of sp³-hybridized carbons (Fsp3) is 0.500. The highest BCUT2D eigenvalue weighted by molar-refractivity contribution is 5.97. The van der Waals surface area contributed by atoms with Crippen LogP contribution in [0.25, 0.3) is 0 Å². The number of carbonyl (C=O) groups is 2. The number of anilines is 1. The van der Waals surface area contributed by atoms with Gasteiger partial charge in [0.2, 0.25) is 11.8 Å². The van der Waals surface area contributed by atoms with Crippen LogP contribution in [0.4, 0.5) is 23.2 Å². The summed E-state index contributed by atoms with van der Waals surface area (Å²) < 4.78 is 51.9. The zero-order chi connectivity index (χ0) is 17.9. The number of piperidine rings is 1. The first-order valence-corrected chi connectivity index (χ1v) is 7.71. The highest BCUT2D eigenvalue weighted by atomic mass is 19.4. The van der Waals surface area contributed by atoms with E-state index >= 15 is 0 Å². The number of hydrogen-bond donors (Lipinski definition) is 1. The minimum atomic E-state index is -4.64. The number of likely N-dealkylation sites (tertiary alicyclic amines) is 1. The quantitative estimate of drug-likeness (QED) is 0.851. The van der Waals surface area contributed by atoms with Gasteiger partial charge >= 0.3 is 6.18 Å². The molecule has 1 heterocycles.